The number of hydrogen-bond donors (Lipinski definition) is 1. The van der Waals surface area contributed by atoms with Crippen LogP contribution in [0.2, 0.25) is 0 Å². The van der Waals surface area contributed by atoms with Gasteiger partial charge in [-0.15, -0.1) is 0 Å². The first-order valence-corrected chi connectivity index (χ1v) is 5.38. The highest BCUT2D eigenvalue weighted by molar-refractivity contribution is 5.80. The Bertz CT molecular complexity index is 181. The molecule has 0 aromatic heterocycles. The van der Waals surface area contributed by atoms with Crippen LogP contribution in [-0.2, 0) is 4.79 Å². The van der Waals surface area contributed by atoms with E-state index in [1.165, 1.54) is 0 Å². The molecule has 0 unspecified atom stereocenters. The molecule has 0 heterocycles. The van der Waals surface area contributed by atoms with Gasteiger partial charge in [0.25, 0.3) is 0 Å². The van der Waals surface area contributed by atoms with Gasteiger partial charge in [-0.25, -0.2) is 0 Å². The first-order chi connectivity index (χ1) is 6.10. The third-order valence-electron chi connectivity index (χ3n) is 2.35. The van der Waals surface area contributed by atoms with Gasteiger partial charge < -0.3 is 5.32 Å². The first-order valence-electron chi connectivity index (χ1n) is 5.38. The average Bonchev–Trinajstić information content (AvgIpc) is 1.78. The summed E-state index contributed by atoms with van der Waals surface area (Å²) >= 11 is 0. The minimum atomic E-state index is 0.0114. The number of carbonyl (C=O) groups excluding carboxylic acids is 1. The zero-order valence-electron chi connectivity index (χ0n) is 10.7. The van der Waals surface area contributed by atoms with Gasteiger partial charge in [0, 0.05) is 12.5 Å². The van der Waals surface area contributed by atoms with E-state index in [-0.39, 0.29) is 22.7 Å². The minimum Gasteiger partial charge on any atom is -0.356 e. The van der Waals surface area contributed by atoms with Crippen LogP contribution in [0.3, 0.4) is 0 Å². The summed E-state index contributed by atoms with van der Waals surface area (Å²) in [5.74, 6) is 0.224. The van der Waals surface area contributed by atoms with Crippen LogP contribution in [0.15, 0.2) is 0 Å². The van der Waals surface area contributed by atoms with E-state index in [0.717, 1.165) is 0 Å². The molecule has 0 radical (unpaired) electrons. The predicted molar refractivity (Wildman–Crippen MR) is 61.1 cm³/mol. The normalized spacial score (nSPS) is 13.1. The van der Waals surface area contributed by atoms with Crippen molar-refractivity contribution in [3.05, 3.63) is 0 Å². The topological polar surface area (TPSA) is 29.1 Å². The van der Waals surface area contributed by atoms with Gasteiger partial charge in [-0.1, -0.05) is 41.5 Å². The summed E-state index contributed by atoms with van der Waals surface area (Å²) in [4.78, 5) is 11.9. The SMILES string of the molecule is CCNC(=O)C(C(C)(C)C)C(C)(C)C. The Balaban J connectivity index is 4.84. The van der Waals surface area contributed by atoms with Crippen LogP contribution >= 0.6 is 0 Å². The van der Waals surface area contributed by atoms with Crippen LogP contribution in [0.25, 0.3) is 0 Å². The highest BCUT2D eigenvalue weighted by Crippen LogP contribution is 2.39. The van der Waals surface area contributed by atoms with Crippen molar-refractivity contribution >= 4 is 5.91 Å². The van der Waals surface area contributed by atoms with Crippen LogP contribution < -0.4 is 5.32 Å². The van der Waals surface area contributed by atoms with E-state index in [4.69, 9.17) is 0 Å². The highest BCUT2D eigenvalue weighted by Gasteiger charge is 2.39. The average molecular weight is 199 g/mol. The van der Waals surface area contributed by atoms with Crippen LogP contribution in [0, 0.1) is 16.7 Å². The maximum absolute atomic E-state index is 11.9. The Hall–Kier alpha value is -0.530. The van der Waals surface area contributed by atoms with E-state index in [2.05, 4.69) is 46.9 Å². The smallest absolute Gasteiger partial charge is 0.224 e. The molecule has 0 rings (SSSR count). The second-order valence-electron chi connectivity index (χ2n) is 6.06. The second-order valence-corrected chi connectivity index (χ2v) is 6.06. The van der Waals surface area contributed by atoms with Crippen molar-refractivity contribution in [3.8, 4) is 0 Å². The largest absolute Gasteiger partial charge is 0.356 e. The van der Waals surface area contributed by atoms with E-state index in [0.29, 0.717) is 6.54 Å². The quantitative estimate of drug-likeness (QED) is 0.728. The summed E-state index contributed by atoms with van der Waals surface area (Å²) in [6.07, 6.45) is 0. The van der Waals surface area contributed by atoms with Crippen molar-refractivity contribution in [1.82, 2.24) is 5.32 Å². The molecular weight excluding hydrogens is 174 g/mol. The Morgan fingerprint density at radius 2 is 1.43 bits per heavy atom. The van der Waals surface area contributed by atoms with E-state index < -0.39 is 0 Å². The lowest BCUT2D eigenvalue weighted by Gasteiger charge is -2.39. The van der Waals surface area contributed by atoms with Crippen molar-refractivity contribution in [2.24, 2.45) is 16.7 Å². The van der Waals surface area contributed by atoms with Gasteiger partial charge in [-0.05, 0) is 17.8 Å². The standard InChI is InChI=1S/C12H25NO/c1-8-13-10(14)9(11(2,3)4)12(5,6)7/h9H,8H2,1-7H3,(H,13,14). The summed E-state index contributed by atoms with van der Waals surface area (Å²) in [5, 5.41) is 2.92. The van der Waals surface area contributed by atoms with Crippen molar-refractivity contribution in [2.75, 3.05) is 6.54 Å². The van der Waals surface area contributed by atoms with Crippen molar-refractivity contribution in [2.45, 2.75) is 48.5 Å². The number of amides is 1. The second kappa shape index (κ2) is 4.33. The minimum absolute atomic E-state index is 0.0114. The molecule has 14 heavy (non-hydrogen) atoms. The molecule has 0 aliphatic heterocycles. The molecule has 0 saturated heterocycles. The van der Waals surface area contributed by atoms with E-state index in [9.17, 15) is 4.79 Å². The molecule has 0 aliphatic carbocycles. The van der Waals surface area contributed by atoms with Crippen LogP contribution in [0.4, 0.5) is 0 Å². The molecule has 2 nitrogen and oxygen atoms in total. The lowest BCUT2D eigenvalue weighted by atomic mass is 9.66. The molecule has 0 atom stereocenters. The summed E-state index contributed by atoms with van der Waals surface area (Å²) < 4.78 is 0. The number of carbonyl (C=O) groups is 1. The van der Waals surface area contributed by atoms with Crippen LogP contribution in [0.5, 0.6) is 0 Å². The lowest BCUT2D eigenvalue weighted by Crippen LogP contribution is -2.45. The third kappa shape index (κ3) is 3.69. The van der Waals surface area contributed by atoms with E-state index >= 15 is 0 Å². The molecule has 0 spiro atoms. The summed E-state index contributed by atoms with van der Waals surface area (Å²) in [5.41, 5.74) is 0.0228. The van der Waals surface area contributed by atoms with Gasteiger partial charge in [0.15, 0.2) is 0 Å². The first kappa shape index (κ1) is 13.5. The number of rotatable bonds is 2. The van der Waals surface area contributed by atoms with Gasteiger partial charge in [0.1, 0.15) is 0 Å². The Kier molecular flexibility index (Phi) is 4.16. The molecular formula is C12H25NO. The van der Waals surface area contributed by atoms with Gasteiger partial charge >= 0.3 is 0 Å². The monoisotopic (exact) mass is 199 g/mol. The molecule has 0 aromatic carbocycles. The fourth-order valence-corrected chi connectivity index (χ4v) is 2.36. The molecule has 1 amide bonds. The zero-order chi connectivity index (χ0) is 11.6. The Morgan fingerprint density at radius 3 is 1.64 bits per heavy atom. The molecule has 0 fully saturated rings. The van der Waals surface area contributed by atoms with Crippen LogP contribution in [0.1, 0.15) is 48.5 Å². The molecule has 84 valence electrons. The van der Waals surface area contributed by atoms with Crippen LogP contribution in [-0.4, -0.2) is 12.5 Å². The van der Waals surface area contributed by atoms with Crippen molar-refractivity contribution in [3.63, 3.8) is 0 Å². The molecule has 0 aliphatic rings. The van der Waals surface area contributed by atoms with Gasteiger partial charge in [-0.3, -0.25) is 4.79 Å². The molecule has 2 heteroatoms. The number of hydrogen-bond acceptors (Lipinski definition) is 1. The maximum atomic E-state index is 11.9. The van der Waals surface area contributed by atoms with Gasteiger partial charge in [-0.2, -0.15) is 0 Å². The maximum Gasteiger partial charge on any atom is 0.224 e. The summed E-state index contributed by atoms with van der Waals surface area (Å²) in [6.45, 7) is 15.4. The predicted octanol–water partition coefficient (Wildman–Crippen LogP) is 2.83. The van der Waals surface area contributed by atoms with E-state index in [1.54, 1.807) is 0 Å². The Labute approximate surface area is 88.5 Å². The van der Waals surface area contributed by atoms with Gasteiger partial charge in [0.05, 0.1) is 0 Å². The highest BCUT2D eigenvalue weighted by atomic mass is 16.1. The van der Waals surface area contributed by atoms with Crippen molar-refractivity contribution < 1.29 is 4.79 Å². The van der Waals surface area contributed by atoms with Crippen molar-refractivity contribution in [1.29, 1.82) is 0 Å². The summed E-state index contributed by atoms with van der Waals surface area (Å²) in [6, 6.07) is 0. The third-order valence-corrected chi connectivity index (χ3v) is 2.35. The molecule has 0 bridgehead atoms. The fourth-order valence-electron chi connectivity index (χ4n) is 2.36. The molecule has 0 saturated carbocycles. The molecule has 1 N–H and O–H groups in total. The van der Waals surface area contributed by atoms with Gasteiger partial charge in [0.2, 0.25) is 5.91 Å². The zero-order valence-corrected chi connectivity index (χ0v) is 10.7. The number of nitrogens with one attached hydrogen (secondary N) is 1. The molecule has 0 aromatic rings. The fraction of sp³-hybridized carbons (Fsp3) is 0.917. The lowest BCUT2D eigenvalue weighted by molar-refractivity contribution is -0.132. The van der Waals surface area contributed by atoms with E-state index in [1.807, 2.05) is 6.92 Å². The summed E-state index contributed by atoms with van der Waals surface area (Å²) in [7, 11) is 0. The Morgan fingerprint density at radius 1 is 1.07 bits per heavy atom.